The molecule has 20 heavy (non-hydrogen) atoms. The van der Waals surface area contributed by atoms with Gasteiger partial charge in [0.15, 0.2) is 5.65 Å². The number of aromatic nitrogens is 3. The Labute approximate surface area is 117 Å². The molecule has 3 rings (SSSR count). The molecule has 1 aliphatic carbocycles. The Morgan fingerprint density at radius 1 is 1.30 bits per heavy atom. The summed E-state index contributed by atoms with van der Waals surface area (Å²) in [6.07, 6.45) is -1.11. The van der Waals surface area contributed by atoms with Gasteiger partial charge in [0.05, 0.1) is 10.6 Å². The highest BCUT2D eigenvalue weighted by Gasteiger charge is 2.33. The van der Waals surface area contributed by atoms with Crippen LogP contribution < -0.4 is 5.73 Å². The number of hydrogen-bond donors (Lipinski definition) is 1. The molecule has 2 aromatic heterocycles. The van der Waals surface area contributed by atoms with Crippen LogP contribution in [0.1, 0.15) is 36.6 Å². The number of rotatable bonds is 1. The van der Waals surface area contributed by atoms with E-state index in [0.29, 0.717) is 12.2 Å². The molecule has 2 N–H and O–H groups in total. The van der Waals surface area contributed by atoms with Crippen LogP contribution >= 0.6 is 11.6 Å². The minimum Gasteiger partial charge on any atom is -0.328 e. The molecule has 2 atom stereocenters. The van der Waals surface area contributed by atoms with Gasteiger partial charge < -0.3 is 5.73 Å². The number of pyridine rings is 1. The van der Waals surface area contributed by atoms with E-state index in [2.05, 4.69) is 10.2 Å². The highest BCUT2D eigenvalue weighted by Crippen LogP contribution is 2.36. The lowest BCUT2D eigenvalue weighted by molar-refractivity contribution is -0.137. The molecule has 2 heterocycles. The standard InChI is InChI=1S/C12H12ClF3N4/c13-9-4-7(12(14,15)16)5-20-10(18-19-11(9)20)6-1-2-8(17)3-6/h4-6,8H,1-3,17H2/t6-,8+/m1/s1. The maximum absolute atomic E-state index is 12.8. The van der Waals surface area contributed by atoms with Gasteiger partial charge in [0.2, 0.25) is 0 Å². The average molecular weight is 305 g/mol. The van der Waals surface area contributed by atoms with Gasteiger partial charge >= 0.3 is 6.18 Å². The number of alkyl halides is 3. The van der Waals surface area contributed by atoms with Gasteiger partial charge in [-0.05, 0) is 25.3 Å². The lowest BCUT2D eigenvalue weighted by atomic mass is 10.1. The summed E-state index contributed by atoms with van der Waals surface area (Å²) < 4.78 is 39.9. The van der Waals surface area contributed by atoms with Crippen molar-refractivity contribution in [3.8, 4) is 0 Å². The van der Waals surface area contributed by atoms with E-state index in [-0.39, 0.29) is 22.6 Å². The fourth-order valence-electron chi connectivity index (χ4n) is 2.66. The Hall–Kier alpha value is -1.34. The van der Waals surface area contributed by atoms with Gasteiger partial charge in [0.25, 0.3) is 0 Å². The van der Waals surface area contributed by atoms with Gasteiger partial charge in [-0.2, -0.15) is 13.2 Å². The zero-order chi connectivity index (χ0) is 14.5. The highest BCUT2D eigenvalue weighted by molar-refractivity contribution is 6.33. The van der Waals surface area contributed by atoms with E-state index in [0.717, 1.165) is 25.1 Å². The van der Waals surface area contributed by atoms with Crippen molar-refractivity contribution in [1.82, 2.24) is 14.6 Å². The maximum atomic E-state index is 12.8. The van der Waals surface area contributed by atoms with Crippen molar-refractivity contribution in [2.75, 3.05) is 0 Å². The summed E-state index contributed by atoms with van der Waals surface area (Å²) in [6.45, 7) is 0. The van der Waals surface area contributed by atoms with Crippen LogP contribution in [0, 0.1) is 0 Å². The normalized spacial score (nSPS) is 23.6. The van der Waals surface area contributed by atoms with Crippen LogP contribution in [0.2, 0.25) is 5.02 Å². The highest BCUT2D eigenvalue weighted by atomic mass is 35.5. The Morgan fingerprint density at radius 2 is 2.05 bits per heavy atom. The molecule has 1 aliphatic rings. The van der Waals surface area contributed by atoms with Crippen LogP contribution in [0.4, 0.5) is 13.2 Å². The molecular formula is C12H12ClF3N4. The minimum absolute atomic E-state index is 0.0274. The molecule has 0 amide bonds. The van der Waals surface area contributed by atoms with Crippen LogP contribution in [0.25, 0.3) is 5.65 Å². The first kappa shape index (κ1) is 13.6. The Bertz CT molecular complexity index is 652. The van der Waals surface area contributed by atoms with Gasteiger partial charge in [-0.3, -0.25) is 4.40 Å². The van der Waals surface area contributed by atoms with E-state index in [4.69, 9.17) is 17.3 Å². The predicted octanol–water partition coefficient (Wildman–Crippen LogP) is 3.00. The lowest BCUT2D eigenvalue weighted by Gasteiger charge is -2.11. The van der Waals surface area contributed by atoms with Crippen LogP contribution in [0.15, 0.2) is 12.3 Å². The number of nitrogens with zero attached hydrogens (tertiary/aromatic N) is 3. The second kappa shape index (κ2) is 4.60. The minimum atomic E-state index is -4.45. The molecule has 0 unspecified atom stereocenters. The number of halogens is 4. The molecule has 1 fully saturated rings. The first-order valence-corrected chi connectivity index (χ1v) is 6.61. The topological polar surface area (TPSA) is 56.2 Å². The fraction of sp³-hybridized carbons (Fsp3) is 0.500. The SMILES string of the molecule is N[C@H]1CC[C@@H](c2nnc3c(Cl)cc(C(F)(F)F)cn23)C1. The summed E-state index contributed by atoms with van der Waals surface area (Å²) in [5.41, 5.74) is 5.28. The molecule has 0 saturated heterocycles. The first-order valence-electron chi connectivity index (χ1n) is 6.23. The second-order valence-electron chi connectivity index (χ2n) is 5.10. The third-order valence-electron chi connectivity index (χ3n) is 3.65. The summed E-state index contributed by atoms with van der Waals surface area (Å²) in [4.78, 5) is 0. The largest absolute Gasteiger partial charge is 0.417 e. The van der Waals surface area contributed by atoms with Crippen molar-refractivity contribution < 1.29 is 13.2 Å². The van der Waals surface area contributed by atoms with E-state index in [1.54, 1.807) is 0 Å². The summed E-state index contributed by atoms with van der Waals surface area (Å²) in [5, 5.41) is 7.83. The van der Waals surface area contributed by atoms with Crippen LogP contribution in [-0.4, -0.2) is 20.6 Å². The van der Waals surface area contributed by atoms with Gasteiger partial charge in [-0.15, -0.1) is 10.2 Å². The second-order valence-corrected chi connectivity index (χ2v) is 5.50. The summed E-state index contributed by atoms with van der Waals surface area (Å²) >= 11 is 5.87. The van der Waals surface area contributed by atoms with Gasteiger partial charge in [0.1, 0.15) is 5.82 Å². The molecule has 2 aromatic rings. The van der Waals surface area contributed by atoms with E-state index in [1.165, 1.54) is 4.40 Å². The van der Waals surface area contributed by atoms with Crippen molar-refractivity contribution in [1.29, 1.82) is 0 Å². The number of hydrogen-bond acceptors (Lipinski definition) is 3. The maximum Gasteiger partial charge on any atom is 0.417 e. The van der Waals surface area contributed by atoms with E-state index < -0.39 is 11.7 Å². The van der Waals surface area contributed by atoms with Crippen molar-refractivity contribution in [3.05, 3.63) is 28.7 Å². The van der Waals surface area contributed by atoms with Gasteiger partial charge in [0, 0.05) is 18.2 Å². The van der Waals surface area contributed by atoms with Gasteiger partial charge in [-0.25, -0.2) is 0 Å². The Balaban J connectivity index is 2.13. The number of nitrogens with two attached hydrogens (primary N) is 1. The average Bonchev–Trinajstić information content (AvgIpc) is 2.93. The molecular weight excluding hydrogens is 293 g/mol. The monoisotopic (exact) mass is 304 g/mol. The first-order chi connectivity index (χ1) is 9.36. The molecule has 0 spiro atoms. The fourth-order valence-corrected chi connectivity index (χ4v) is 2.90. The summed E-state index contributed by atoms with van der Waals surface area (Å²) in [6, 6.07) is 0.934. The molecule has 108 valence electrons. The van der Waals surface area contributed by atoms with E-state index >= 15 is 0 Å². The quantitative estimate of drug-likeness (QED) is 0.881. The van der Waals surface area contributed by atoms with Crippen molar-refractivity contribution in [2.45, 2.75) is 37.4 Å². The Kier molecular flexibility index (Phi) is 3.13. The molecule has 0 bridgehead atoms. The van der Waals surface area contributed by atoms with Crippen LogP contribution in [0.5, 0.6) is 0 Å². The molecule has 8 heteroatoms. The van der Waals surface area contributed by atoms with Gasteiger partial charge in [-0.1, -0.05) is 11.6 Å². The zero-order valence-corrected chi connectivity index (χ0v) is 11.1. The molecule has 0 aromatic carbocycles. The van der Waals surface area contributed by atoms with Crippen LogP contribution in [0.3, 0.4) is 0 Å². The molecule has 1 saturated carbocycles. The third kappa shape index (κ3) is 2.25. The summed E-state index contributed by atoms with van der Waals surface area (Å²) in [7, 11) is 0. The summed E-state index contributed by atoms with van der Waals surface area (Å²) in [5.74, 6) is 0.528. The predicted molar refractivity (Wildman–Crippen MR) is 67.6 cm³/mol. The van der Waals surface area contributed by atoms with Crippen molar-refractivity contribution in [3.63, 3.8) is 0 Å². The van der Waals surface area contributed by atoms with Crippen molar-refractivity contribution >= 4 is 17.2 Å². The smallest absolute Gasteiger partial charge is 0.328 e. The van der Waals surface area contributed by atoms with Crippen LogP contribution in [-0.2, 0) is 6.18 Å². The third-order valence-corrected chi connectivity index (χ3v) is 3.93. The van der Waals surface area contributed by atoms with Crippen molar-refractivity contribution in [2.24, 2.45) is 5.73 Å². The molecule has 0 radical (unpaired) electrons. The molecule has 4 nitrogen and oxygen atoms in total. The van der Waals surface area contributed by atoms with E-state index in [9.17, 15) is 13.2 Å². The zero-order valence-electron chi connectivity index (χ0n) is 10.4. The number of fused-ring (bicyclic) bond motifs is 1. The van der Waals surface area contributed by atoms with E-state index in [1.807, 2.05) is 0 Å². The Morgan fingerprint density at radius 3 is 2.65 bits per heavy atom. The lowest BCUT2D eigenvalue weighted by Crippen LogP contribution is -2.15. The molecule has 0 aliphatic heterocycles.